The molecule has 0 fully saturated rings. The van der Waals surface area contributed by atoms with E-state index in [1.807, 2.05) is 42.2 Å². The van der Waals surface area contributed by atoms with Crippen LogP contribution in [0.4, 0.5) is 19.0 Å². The molecular formula is C31H28F3N5O. The van der Waals surface area contributed by atoms with Crippen molar-refractivity contribution in [2.75, 3.05) is 18.0 Å². The van der Waals surface area contributed by atoms with Crippen LogP contribution in [-0.4, -0.2) is 45.4 Å². The quantitative estimate of drug-likeness (QED) is 0.285. The SMILES string of the molecule is CCN1C(=O)c2nc(-c3ccc(F)c(-c4ccccc4)c3)n(Cc3ccc(F)cc3F)c2N2C[C@@H](C(C)C)N=C12. The Morgan fingerprint density at radius 1 is 0.950 bits per heavy atom. The second-order valence-corrected chi connectivity index (χ2v) is 10.4. The fraction of sp³-hybridized carbons (Fsp3) is 0.258. The summed E-state index contributed by atoms with van der Waals surface area (Å²) in [6.07, 6.45) is 0. The van der Waals surface area contributed by atoms with Crippen LogP contribution in [0.1, 0.15) is 36.8 Å². The number of hydrogen-bond acceptors (Lipinski definition) is 4. The van der Waals surface area contributed by atoms with E-state index >= 15 is 0 Å². The average Bonchev–Trinajstić information content (AvgIpc) is 3.54. The van der Waals surface area contributed by atoms with E-state index in [-0.39, 0.29) is 35.7 Å². The van der Waals surface area contributed by atoms with Crippen LogP contribution in [0.5, 0.6) is 0 Å². The van der Waals surface area contributed by atoms with E-state index in [4.69, 9.17) is 9.98 Å². The van der Waals surface area contributed by atoms with Gasteiger partial charge in [-0.05, 0) is 42.7 Å². The van der Waals surface area contributed by atoms with Gasteiger partial charge in [-0.1, -0.05) is 50.2 Å². The molecule has 0 N–H and O–H groups in total. The molecule has 0 unspecified atom stereocenters. The van der Waals surface area contributed by atoms with Gasteiger partial charge in [0.1, 0.15) is 29.1 Å². The minimum Gasteiger partial charge on any atom is -0.305 e. The topological polar surface area (TPSA) is 53.7 Å². The lowest BCUT2D eigenvalue weighted by atomic mass is 10.0. The zero-order chi connectivity index (χ0) is 28.1. The van der Waals surface area contributed by atoms with Crippen LogP contribution in [0.2, 0.25) is 0 Å². The van der Waals surface area contributed by atoms with Crippen molar-refractivity contribution in [1.29, 1.82) is 0 Å². The van der Waals surface area contributed by atoms with E-state index in [2.05, 4.69) is 13.8 Å². The predicted octanol–water partition coefficient (Wildman–Crippen LogP) is 6.36. The summed E-state index contributed by atoms with van der Waals surface area (Å²) < 4.78 is 45.4. The predicted molar refractivity (Wildman–Crippen MR) is 149 cm³/mol. The summed E-state index contributed by atoms with van der Waals surface area (Å²) in [5.74, 6) is -0.439. The number of imidazole rings is 1. The van der Waals surface area contributed by atoms with Gasteiger partial charge in [-0.3, -0.25) is 14.6 Å². The summed E-state index contributed by atoms with van der Waals surface area (Å²) in [5.41, 5.74) is 2.08. The number of rotatable bonds is 6. The van der Waals surface area contributed by atoms with Gasteiger partial charge < -0.3 is 4.57 Å². The summed E-state index contributed by atoms with van der Waals surface area (Å²) >= 11 is 0. The Balaban J connectivity index is 1.57. The third kappa shape index (κ3) is 4.26. The van der Waals surface area contributed by atoms with Gasteiger partial charge in [0.05, 0.1) is 19.1 Å². The van der Waals surface area contributed by atoms with Gasteiger partial charge >= 0.3 is 0 Å². The Bertz CT molecular complexity index is 1650. The van der Waals surface area contributed by atoms with E-state index in [0.29, 0.717) is 47.4 Å². The molecule has 0 radical (unpaired) electrons. The average molecular weight is 544 g/mol. The van der Waals surface area contributed by atoms with E-state index in [1.54, 1.807) is 21.6 Å². The second kappa shape index (κ2) is 9.97. The summed E-state index contributed by atoms with van der Waals surface area (Å²) in [6, 6.07) is 17.2. The lowest BCUT2D eigenvalue weighted by molar-refractivity contribution is 0.0841. The van der Waals surface area contributed by atoms with Crippen molar-refractivity contribution in [3.8, 4) is 22.5 Å². The maximum Gasteiger partial charge on any atom is 0.283 e. The lowest BCUT2D eigenvalue weighted by Crippen LogP contribution is -2.50. The van der Waals surface area contributed by atoms with Crippen LogP contribution in [0.3, 0.4) is 0 Å². The number of anilines is 1. The molecule has 0 bridgehead atoms. The van der Waals surface area contributed by atoms with Crippen molar-refractivity contribution in [1.82, 2.24) is 14.5 Å². The molecule has 3 aromatic carbocycles. The Hall–Kier alpha value is -4.40. The molecule has 0 saturated carbocycles. The van der Waals surface area contributed by atoms with Gasteiger partial charge in [-0.25, -0.2) is 23.1 Å². The Labute approximate surface area is 230 Å². The molecule has 1 aromatic heterocycles. The van der Waals surface area contributed by atoms with Crippen molar-refractivity contribution in [2.24, 2.45) is 10.9 Å². The molecule has 0 saturated heterocycles. The highest BCUT2D eigenvalue weighted by atomic mass is 19.1. The zero-order valence-corrected chi connectivity index (χ0v) is 22.4. The molecule has 2 aliphatic rings. The minimum absolute atomic E-state index is 0.0165. The standard InChI is InChI=1S/C31H28F3N5O/c1-4-37-30(40)27-29(39-17-26(18(2)3)35-31(37)39)38(16-21-10-12-22(32)15-25(21)34)28(36-27)20-11-13-24(33)23(14-20)19-8-6-5-7-9-19/h5-15,18,26H,4,16-17H2,1-3H3/t26-/m0/s1. The number of nitrogens with zero attached hydrogens (tertiary/aromatic N) is 5. The highest BCUT2D eigenvalue weighted by molar-refractivity contribution is 6.18. The third-order valence-electron chi connectivity index (χ3n) is 7.52. The monoisotopic (exact) mass is 543 g/mol. The normalized spacial score (nSPS) is 16.4. The first kappa shape index (κ1) is 25.9. The van der Waals surface area contributed by atoms with Crippen LogP contribution in [0.25, 0.3) is 22.5 Å². The van der Waals surface area contributed by atoms with Crippen molar-refractivity contribution >= 4 is 17.7 Å². The number of halogens is 3. The Kier molecular flexibility index (Phi) is 6.44. The largest absolute Gasteiger partial charge is 0.305 e. The highest BCUT2D eigenvalue weighted by Gasteiger charge is 2.44. The molecule has 1 amide bonds. The molecule has 6 rings (SSSR count). The van der Waals surface area contributed by atoms with Crippen molar-refractivity contribution < 1.29 is 18.0 Å². The van der Waals surface area contributed by atoms with Gasteiger partial charge in [-0.15, -0.1) is 0 Å². The van der Waals surface area contributed by atoms with E-state index in [0.717, 1.165) is 6.07 Å². The van der Waals surface area contributed by atoms with Crippen molar-refractivity contribution in [3.63, 3.8) is 0 Å². The molecule has 4 aromatic rings. The fourth-order valence-electron chi connectivity index (χ4n) is 5.34. The summed E-state index contributed by atoms with van der Waals surface area (Å²) in [6.45, 7) is 6.95. The van der Waals surface area contributed by atoms with E-state index in [9.17, 15) is 18.0 Å². The minimum atomic E-state index is -0.704. The summed E-state index contributed by atoms with van der Waals surface area (Å²) in [5, 5.41) is 0. The molecule has 6 nitrogen and oxygen atoms in total. The fourth-order valence-corrected chi connectivity index (χ4v) is 5.34. The first-order valence-electron chi connectivity index (χ1n) is 13.3. The summed E-state index contributed by atoms with van der Waals surface area (Å²) in [7, 11) is 0. The third-order valence-corrected chi connectivity index (χ3v) is 7.52. The number of carbonyl (C=O) groups excluding carboxylic acids is 1. The number of aliphatic imine (C=N–C) groups is 1. The van der Waals surface area contributed by atoms with Crippen molar-refractivity contribution in [3.05, 3.63) is 95.4 Å². The maximum atomic E-state index is 15.0. The molecule has 40 heavy (non-hydrogen) atoms. The lowest BCUT2D eigenvalue weighted by Gasteiger charge is -2.33. The molecule has 1 atom stereocenters. The number of amides is 1. The maximum absolute atomic E-state index is 15.0. The number of hydrogen-bond donors (Lipinski definition) is 0. The number of aromatic nitrogens is 2. The smallest absolute Gasteiger partial charge is 0.283 e. The van der Waals surface area contributed by atoms with E-state index < -0.39 is 17.5 Å². The van der Waals surface area contributed by atoms with Gasteiger partial charge in [0.25, 0.3) is 5.91 Å². The first-order chi connectivity index (χ1) is 19.3. The number of guanidine groups is 1. The van der Waals surface area contributed by atoms with Gasteiger partial charge in [0.15, 0.2) is 5.69 Å². The molecular weight excluding hydrogens is 515 g/mol. The number of fused-ring (bicyclic) bond motifs is 3. The van der Waals surface area contributed by atoms with E-state index in [1.165, 1.54) is 18.2 Å². The number of carbonyl (C=O) groups is 1. The highest BCUT2D eigenvalue weighted by Crippen LogP contribution is 2.39. The van der Waals surface area contributed by atoms with Gasteiger partial charge in [0, 0.05) is 29.3 Å². The number of benzene rings is 3. The van der Waals surface area contributed by atoms with Crippen LogP contribution in [0.15, 0.2) is 71.7 Å². The van der Waals surface area contributed by atoms with Crippen LogP contribution in [0, 0.1) is 23.4 Å². The summed E-state index contributed by atoms with van der Waals surface area (Å²) in [4.78, 5) is 27.0. The van der Waals surface area contributed by atoms with Gasteiger partial charge in [-0.2, -0.15) is 0 Å². The van der Waals surface area contributed by atoms with Crippen molar-refractivity contribution in [2.45, 2.75) is 33.4 Å². The molecule has 3 heterocycles. The zero-order valence-electron chi connectivity index (χ0n) is 22.4. The Morgan fingerprint density at radius 2 is 1.73 bits per heavy atom. The molecule has 0 aliphatic carbocycles. The molecule has 204 valence electrons. The Morgan fingerprint density at radius 3 is 2.42 bits per heavy atom. The molecule has 2 aliphatic heterocycles. The van der Waals surface area contributed by atoms with Crippen LogP contribution >= 0.6 is 0 Å². The molecule has 9 heteroatoms. The first-order valence-corrected chi connectivity index (χ1v) is 13.3. The van der Waals surface area contributed by atoms with Crippen LogP contribution in [-0.2, 0) is 6.54 Å². The molecule has 0 spiro atoms. The van der Waals surface area contributed by atoms with Gasteiger partial charge in [0.2, 0.25) is 5.96 Å². The van der Waals surface area contributed by atoms with Crippen LogP contribution < -0.4 is 4.90 Å². The second-order valence-electron chi connectivity index (χ2n) is 10.4.